The molecule has 0 saturated carbocycles. The van der Waals surface area contributed by atoms with E-state index in [1.807, 2.05) is 6.08 Å². The van der Waals surface area contributed by atoms with Crippen molar-refractivity contribution in [3.63, 3.8) is 0 Å². The van der Waals surface area contributed by atoms with Crippen LogP contribution < -0.4 is 0 Å². The maximum atomic E-state index is 4.44. The third-order valence-corrected chi connectivity index (χ3v) is 7.63. The zero-order chi connectivity index (χ0) is 30.1. The zero-order valence-corrected chi connectivity index (χ0v) is 25.8. The number of aryl methyl sites for hydroxylation is 1. The van der Waals surface area contributed by atoms with Gasteiger partial charge >= 0.3 is 0 Å². The van der Waals surface area contributed by atoms with Gasteiger partial charge in [0, 0.05) is 16.6 Å². The first-order chi connectivity index (χ1) is 20.4. The van der Waals surface area contributed by atoms with E-state index in [2.05, 4.69) is 168 Å². The Morgan fingerprint density at radius 1 is 0.810 bits per heavy atom. The van der Waals surface area contributed by atoms with Crippen LogP contribution in [-0.2, 0) is 0 Å². The summed E-state index contributed by atoms with van der Waals surface area (Å²) in [6.07, 6.45) is 21.5. The summed E-state index contributed by atoms with van der Waals surface area (Å²) >= 11 is 0. The molecule has 3 aromatic carbocycles. The Balaban J connectivity index is 1.76. The van der Waals surface area contributed by atoms with Gasteiger partial charge in [-0.05, 0) is 91.8 Å². The number of hydrogen-bond acceptors (Lipinski definition) is 0. The van der Waals surface area contributed by atoms with Crippen LogP contribution in [0.3, 0.4) is 0 Å². The molecule has 0 atom stereocenters. The van der Waals surface area contributed by atoms with Crippen LogP contribution >= 0.6 is 0 Å². The van der Waals surface area contributed by atoms with Crippen LogP contribution in [0.15, 0.2) is 134 Å². The Bertz CT molecular complexity index is 1710. The molecule has 0 aliphatic heterocycles. The fourth-order valence-electron chi connectivity index (χ4n) is 5.28. The number of aromatic nitrogens is 1. The van der Waals surface area contributed by atoms with Crippen molar-refractivity contribution >= 4 is 28.6 Å². The molecule has 0 aliphatic rings. The molecular weight excluding hydrogens is 506 g/mol. The molecule has 0 radical (unpaired) electrons. The summed E-state index contributed by atoms with van der Waals surface area (Å²) < 4.78 is 2.31. The summed E-state index contributed by atoms with van der Waals surface area (Å²) in [7, 11) is 0. The summed E-state index contributed by atoms with van der Waals surface area (Å²) in [5, 5.41) is 1.19. The molecule has 0 saturated heterocycles. The van der Waals surface area contributed by atoms with Gasteiger partial charge in [-0.1, -0.05) is 129 Å². The summed E-state index contributed by atoms with van der Waals surface area (Å²) in [4.78, 5) is 0. The van der Waals surface area contributed by atoms with Crippen molar-refractivity contribution in [3.05, 3.63) is 156 Å². The SMILES string of the molecule is C=Cc1c(/C=C\C)c2ccc(C(=C)\C=C/C(=C/C)C(/C=C\CCC)=C\C)cc2n1-c1ccc(-c2ccc(C)cc2)cc1. The predicted octanol–water partition coefficient (Wildman–Crippen LogP) is 12.1. The highest BCUT2D eigenvalue weighted by atomic mass is 15.0. The second-order valence-corrected chi connectivity index (χ2v) is 10.5. The van der Waals surface area contributed by atoms with E-state index in [1.165, 1.54) is 38.8 Å². The van der Waals surface area contributed by atoms with E-state index in [1.54, 1.807) is 0 Å². The predicted molar refractivity (Wildman–Crippen MR) is 188 cm³/mol. The highest BCUT2D eigenvalue weighted by molar-refractivity contribution is 5.97. The van der Waals surface area contributed by atoms with Crippen molar-refractivity contribution in [1.82, 2.24) is 4.57 Å². The number of hydrogen-bond donors (Lipinski definition) is 0. The zero-order valence-electron chi connectivity index (χ0n) is 25.8. The molecule has 0 N–H and O–H groups in total. The standard InChI is InChI=1S/C41H43N/c1-8-13-14-16-32(10-3)33(11-4)22-19-31(7)36-25-28-39-38(15-9-2)40(12-5)42(41(39)29-36)37-26-23-35(24-27-37)34-20-17-30(6)18-21-34/h9-12,14-29H,5,7-8,13H2,1-4,6H3/b15-9-,16-14-,22-19-,32-10-,33-11-. The fraction of sp³-hybridized carbons (Fsp3) is 0.171. The number of allylic oxidation sites excluding steroid dienone is 10. The first-order valence-corrected chi connectivity index (χ1v) is 14.9. The highest BCUT2D eigenvalue weighted by Gasteiger charge is 2.16. The van der Waals surface area contributed by atoms with Crippen LogP contribution in [0.2, 0.25) is 0 Å². The first-order valence-electron chi connectivity index (χ1n) is 14.9. The van der Waals surface area contributed by atoms with Crippen molar-refractivity contribution in [2.45, 2.75) is 47.5 Å². The molecule has 0 spiro atoms. The molecule has 0 aliphatic carbocycles. The first kappa shape index (κ1) is 30.3. The molecule has 0 unspecified atom stereocenters. The third kappa shape index (κ3) is 6.64. The Morgan fingerprint density at radius 2 is 1.45 bits per heavy atom. The number of unbranched alkanes of at least 4 members (excludes halogenated alkanes) is 1. The van der Waals surface area contributed by atoms with Crippen LogP contribution in [0.1, 0.15) is 62.9 Å². The maximum absolute atomic E-state index is 4.44. The molecule has 4 rings (SSSR count). The molecule has 1 nitrogen and oxygen atoms in total. The van der Waals surface area contributed by atoms with Crippen LogP contribution in [-0.4, -0.2) is 4.57 Å². The van der Waals surface area contributed by atoms with Crippen LogP contribution in [0.25, 0.3) is 45.4 Å². The van der Waals surface area contributed by atoms with E-state index in [9.17, 15) is 0 Å². The van der Waals surface area contributed by atoms with E-state index in [-0.39, 0.29) is 0 Å². The van der Waals surface area contributed by atoms with Crippen molar-refractivity contribution in [2.75, 3.05) is 0 Å². The second-order valence-electron chi connectivity index (χ2n) is 10.5. The summed E-state index contributed by atoms with van der Waals surface area (Å²) in [6, 6.07) is 24.1. The number of fused-ring (bicyclic) bond motifs is 1. The molecule has 212 valence electrons. The average Bonchev–Trinajstić information content (AvgIpc) is 3.33. The van der Waals surface area contributed by atoms with Gasteiger partial charge in [0.25, 0.3) is 0 Å². The molecule has 0 bridgehead atoms. The molecule has 0 amide bonds. The van der Waals surface area contributed by atoms with Gasteiger partial charge in [-0.15, -0.1) is 0 Å². The van der Waals surface area contributed by atoms with Crippen LogP contribution in [0.5, 0.6) is 0 Å². The third-order valence-electron chi connectivity index (χ3n) is 7.63. The Kier molecular flexibility index (Phi) is 10.3. The Labute approximate surface area is 252 Å². The smallest absolute Gasteiger partial charge is 0.0547 e. The monoisotopic (exact) mass is 549 g/mol. The summed E-state index contributed by atoms with van der Waals surface area (Å²) in [5.41, 5.74) is 12.7. The van der Waals surface area contributed by atoms with E-state index < -0.39 is 0 Å². The van der Waals surface area contributed by atoms with E-state index in [4.69, 9.17) is 0 Å². The highest BCUT2D eigenvalue weighted by Crippen LogP contribution is 2.34. The normalized spacial score (nSPS) is 12.8. The van der Waals surface area contributed by atoms with E-state index >= 15 is 0 Å². The number of benzene rings is 3. The largest absolute Gasteiger partial charge is 0.309 e. The minimum absolute atomic E-state index is 0.972. The number of rotatable bonds is 11. The lowest BCUT2D eigenvalue weighted by Gasteiger charge is -2.12. The summed E-state index contributed by atoms with van der Waals surface area (Å²) in [6.45, 7) is 19.2. The fourth-order valence-corrected chi connectivity index (χ4v) is 5.28. The van der Waals surface area contributed by atoms with Gasteiger partial charge in [-0.3, -0.25) is 0 Å². The Morgan fingerprint density at radius 3 is 2.05 bits per heavy atom. The molecule has 42 heavy (non-hydrogen) atoms. The molecule has 0 fully saturated rings. The minimum atomic E-state index is 0.972. The molecular formula is C41H43N. The van der Waals surface area contributed by atoms with Crippen molar-refractivity contribution in [2.24, 2.45) is 0 Å². The number of nitrogens with zero attached hydrogens (tertiary/aromatic N) is 1. The lowest BCUT2D eigenvalue weighted by Crippen LogP contribution is -1.97. The van der Waals surface area contributed by atoms with Crippen molar-refractivity contribution < 1.29 is 0 Å². The lowest BCUT2D eigenvalue weighted by molar-refractivity contribution is 0.958. The van der Waals surface area contributed by atoms with Crippen molar-refractivity contribution in [1.29, 1.82) is 0 Å². The maximum Gasteiger partial charge on any atom is 0.0547 e. The Hall–Kier alpha value is -4.62. The molecule has 1 heterocycles. The quantitative estimate of drug-likeness (QED) is 0.164. The summed E-state index contributed by atoms with van der Waals surface area (Å²) in [5.74, 6) is 0. The average molecular weight is 550 g/mol. The minimum Gasteiger partial charge on any atom is -0.309 e. The topological polar surface area (TPSA) is 4.93 Å². The van der Waals surface area contributed by atoms with Gasteiger partial charge < -0.3 is 4.57 Å². The molecule has 4 aromatic rings. The lowest BCUT2D eigenvalue weighted by atomic mass is 10.00. The van der Waals surface area contributed by atoms with Gasteiger partial charge in [-0.25, -0.2) is 0 Å². The molecule has 1 heteroatoms. The van der Waals surface area contributed by atoms with Gasteiger partial charge in [0.05, 0.1) is 11.2 Å². The van der Waals surface area contributed by atoms with Crippen molar-refractivity contribution in [3.8, 4) is 16.8 Å². The van der Waals surface area contributed by atoms with E-state index in [0.29, 0.717) is 0 Å². The van der Waals surface area contributed by atoms with Crippen LogP contribution in [0, 0.1) is 6.92 Å². The molecule has 1 aromatic heterocycles. The van der Waals surface area contributed by atoms with Gasteiger partial charge in [-0.2, -0.15) is 0 Å². The van der Waals surface area contributed by atoms with Crippen LogP contribution in [0.4, 0.5) is 0 Å². The van der Waals surface area contributed by atoms with Gasteiger partial charge in [0.2, 0.25) is 0 Å². The van der Waals surface area contributed by atoms with E-state index in [0.717, 1.165) is 40.9 Å². The second kappa shape index (κ2) is 14.3. The van der Waals surface area contributed by atoms with Gasteiger partial charge in [0.15, 0.2) is 0 Å². The van der Waals surface area contributed by atoms with Gasteiger partial charge in [0.1, 0.15) is 0 Å².